The fourth-order valence-corrected chi connectivity index (χ4v) is 3.16. The molecule has 1 N–H and O–H groups in total. The summed E-state index contributed by atoms with van der Waals surface area (Å²) in [4.78, 5) is 27.4. The van der Waals surface area contributed by atoms with E-state index < -0.39 is 6.04 Å². The smallest absolute Gasteiger partial charge is 0.261 e. The number of rotatable bonds is 10. The standard InChI is InChI=1S/C25H34N2O4/c1-7-19(4)26-25(29)20(5)27(15-21-9-11-22(30-6)12-10-21)24(28)16-31-23-13-8-17(2)14-18(23)3/h8-14,19-20H,7,15-16H2,1-6H3,(H,26,29)/t19-,20-/m0/s1. The number of ether oxygens (including phenoxy) is 2. The van der Waals surface area contributed by atoms with Gasteiger partial charge in [-0.3, -0.25) is 9.59 Å². The van der Waals surface area contributed by atoms with Crippen LogP contribution in [0.1, 0.15) is 43.9 Å². The van der Waals surface area contributed by atoms with E-state index in [1.165, 1.54) is 0 Å². The molecule has 2 aromatic rings. The van der Waals surface area contributed by atoms with Crippen molar-refractivity contribution in [2.75, 3.05) is 13.7 Å². The molecule has 0 aromatic heterocycles. The van der Waals surface area contributed by atoms with E-state index in [4.69, 9.17) is 9.47 Å². The molecule has 0 bridgehead atoms. The minimum Gasteiger partial charge on any atom is -0.497 e. The van der Waals surface area contributed by atoms with Crippen LogP contribution in [-0.2, 0) is 16.1 Å². The number of hydrogen-bond donors (Lipinski definition) is 1. The van der Waals surface area contributed by atoms with E-state index >= 15 is 0 Å². The number of methoxy groups -OCH3 is 1. The Morgan fingerprint density at radius 1 is 1.06 bits per heavy atom. The molecule has 0 radical (unpaired) electrons. The molecule has 0 aliphatic rings. The first-order valence-corrected chi connectivity index (χ1v) is 10.7. The van der Waals surface area contributed by atoms with E-state index in [1.807, 2.05) is 70.2 Å². The van der Waals surface area contributed by atoms with E-state index in [0.29, 0.717) is 12.3 Å². The topological polar surface area (TPSA) is 67.9 Å². The summed E-state index contributed by atoms with van der Waals surface area (Å²) in [5.41, 5.74) is 3.01. The monoisotopic (exact) mass is 426 g/mol. The maximum Gasteiger partial charge on any atom is 0.261 e. The van der Waals surface area contributed by atoms with Crippen molar-refractivity contribution in [1.82, 2.24) is 10.2 Å². The van der Waals surface area contributed by atoms with E-state index in [9.17, 15) is 9.59 Å². The lowest BCUT2D eigenvalue weighted by atomic mass is 10.1. The van der Waals surface area contributed by atoms with Crippen LogP contribution >= 0.6 is 0 Å². The second kappa shape index (κ2) is 11.4. The number of hydrogen-bond acceptors (Lipinski definition) is 4. The van der Waals surface area contributed by atoms with Crippen molar-refractivity contribution in [1.29, 1.82) is 0 Å². The van der Waals surface area contributed by atoms with Crippen molar-refractivity contribution in [3.05, 3.63) is 59.2 Å². The number of amides is 2. The van der Waals surface area contributed by atoms with Crippen LogP contribution in [0.4, 0.5) is 0 Å². The van der Waals surface area contributed by atoms with Gasteiger partial charge in [0.2, 0.25) is 5.91 Å². The highest BCUT2D eigenvalue weighted by atomic mass is 16.5. The summed E-state index contributed by atoms with van der Waals surface area (Å²) in [5.74, 6) is 0.979. The molecule has 0 aliphatic carbocycles. The normalized spacial score (nSPS) is 12.6. The highest BCUT2D eigenvalue weighted by Crippen LogP contribution is 2.20. The highest BCUT2D eigenvalue weighted by Gasteiger charge is 2.27. The number of benzene rings is 2. The lowest BCUT2D eigenvalue weighted by Crippen LogP contribution is -2.50. The molecule has 0 aliphatic heterocycles. The highest BCUT2D eigenvalue weighted by molar-refractivity contribution is 5.88. The zero-order chi connectivity index (χ0) is 23.0. The summed E-state index contributed by atoms with van der Waals surface area (Å²) in [7, 11) is 1.61. The number of carbonyl (C=O) groups excluding carboxylic acids is 2. The van der Waals surface area contributed by atoms with E-state index in [-0.39, 0.29) is 24.5 Å². The number of nitrogens with one attached hydrogen (secondary N) is 1. The van der Waals surface area contributed by atoms with Gasteiger partial charge < -0.3 is 19.7 Å². The van der Waals surface area contributed by atoms with Crippen molar-refractivity contribution >= 4 is 11.8 Å². The van der Waals surface area contributed by atoms with Crippen LogP contribution in [0.5, 0.6) is 11.5 Å². The summed E-state index contributed by atoms with van der Waals surface area (Å²) in [5, 5.41) is 2.96. The third kappa shape index (κ3) is 7.02. The van der Waals surface area contributed by atoms with Gasteiger partial charge in [0.1, 0.15) is 17.5 Å². The van der Waals surface area contributed by atoms with Gasteiger partial charge in [-0.05, 0) is 63.4 Å². The second-order valence-electron chi connectivity index (χ2n) is 7.92. The van der Waals surface area contributed by atoms with Gasteiger partial charge in [0.15, 0.2) is 6.61 Å². The summed E-state index contributed by atoms with van der Waals surface area (Å²) in [6.45, 7) is 9.82. The third-order valence-electron chi connectivity index (χ3n) is 5.36. The molecule has 0 spiro atoms. The molecule has 2 rings (SSSR count). The summed E-state index contributed by atoms with van der Waals surface area (Å²) >= 11 is 0. The zero-order valence-electron chi connectivity index (χ0n) is 19.4. The minimum absolute atomic E-state index is 0.0411. The van der Waals surface area contributed by atoms with Crippen molar-refractivity contribution in [2.45, 2.75) is 59.7 Å². The molecule has 6 heteroatoms. The van der Waals surface area contributed by atoms with Crippen LogP contribution in [-0.4, -0.2) is 42.5 Å². The molecule has 0 fully saturated rings. The van der Waals surface area contributed by atoms with Crippen molar-refractivity contribution in [2.24, 2.45) is 0 Å². The Morgan fingerprint density at radius 2 is 1.74 bits per heavy atom. The maximum absolute atomic E-state index is 13.1. The van der Waals surface area contributed by atoms with Gasteiger partial charge in [-0.2, -0.15) is 0 Å². The first-order chi connectivity index (χ1) is 14.7. The second-order valence-corrected chi connectivity index (χ2v) is 7.92. The number of carbonyl (C=O) groups is 2. The van der Waals surface area contributed by atoms with Gasteiger partial charge in [-0.1, -0.05) is 36.8 Å². The van der Waals surface area contributed by atoms with Crippen molar-refractivity contribution in [3.8, 4) is 11.5 Å². The SMILES string of the molecule is CC[C@H](C)NC(=O)[C@H](C)N(Cc1ccc(OC)cc1)C(=O)COc1ccc(C)cc1C. The fraction of sp³-hybridized carbons (Fsp3) is 0.440. The van der Waals surface area contributed by atoms with E-state index in [2.05, 4.69) is 5.32 Å². The average Bonchev–Trinajstić information content (AvgIpc) is 2.76. The average molecular weight is 427 g/mol. The van der Waals surface area contributed by atoms with Gasteiger partial charge >= 0.3 is 0 Å². The molecule has 0 heterocycles. The van der Waals surface area contributed by atoms with Gasteiger partial charge in [-0.25, -0.2) is 0 Å². The third-order valence-corrected chi connectivity index (χ3v) is 5.36. The Balaban J connectivity index is 2.17. The first kappa shape index (κ1) is 24.3. The zero-order valence-corrected chi connectivity index (χ0v) is 19.4. The Bertz CT molecular complexity index is 880. The predicted octanol–water partition coefficient (Wildman–Crippen LogP) is 4.02. The Hall–Kier alpha value is -3.02. The first-order valence-electron chi connectivity index (χ1n) is 10.7. The lowest BCUT2D eigenvalue weighted by Gasteiger charge is -2.29. The van der Waals surface area contributed by atoms with Gasteiger partial charge in [0.25, 0.3) is 5.91 Å². The van der Waals surface area contributed by atoms with Crippen LogP contribution in [0, 0.1) is 13.8 Å². The minimum atomic E-state index is -0.633. The van der Waals surface area contributed by atoms with E-state index in [0.717, 1.165) is 28.9 Å². The van der Waals surface area contributed by atoms with Gasteiger partial charge in [-0.15, -0.1) is 0 Å². The van der Waals surface area contributed by atoms with Crippen LogP contribution in [0.3, 0.4) is 0 Å². The molecule has 2 atom stereocenters. The molecule has 0 unspecified atom stereocenters. The maximum atomic E-state index is 13.1. The Kier molecular flexibility index (Phi) is 8.91. The van der Waals surface area contributed by atoms with Crippen molar-refractivity contribution in [3.63, 3.8) is 0 Å². The summed E-state index contributed by atoms with van der Waals surface area (Å²) < 4.78 is 11.0. The molecule has 168 valence electrons. The lowest BCUT2D eigenvalue weighted by molar-refractivity contribution is -0.142. The van der Waals surface area contributed by atoms with Crippen molar-refractivity contribution < 1.29 is 19.1 Å². The summed E-state index contributed by atoms with van der Waals surface area (Å²) in [6.07, 6.45) is 0.820. The Morgan fingerprint density at radius 3 is 2.32 bits per heavy atom. The van der Waals surface area contributed by atoms with Crippen LogP contribution < -0.4 is 14.8 Å². The molecule has 2 amide bonds. The fourth-order valence-electron chi connectivity index (χ4n) is 3.16. The molecule has 0 saturated heterocycles. The predicted molar refractivity (Wildman–Crippen MR) is 122 cm³/mol. The summed E-state index contributed by atoms with van der Waals surface area (Å²) in [6, 6.07) is 12.7. The molecule has 2 aromatic carbocycles. The molecule has 6 nitrogen and oxygen atoms in total. The molecule has 31 heavy (non-hydrogen) atoms. The molecular weight excluding hydrogens is 392 g/mol. The van der Waals surface area contributed by atoms with Gasteiger partial charge in [0, 0.05) is 12.6 Å². The van der Waals surface area contributed by atoms with E-state index in [1.54, 1.807) is 18.9 Å². The largest absolute Gasteiger partial charge is 0.497 e. The Labute approximate surface area is 185 Å². The number of nitrogens with zero attached hydrogens (tertiary/aromatic N) is 1. The number of aryl methyl sites for hydroxylation is 2. The quantitative estimate of drug-likeness (QED) is 0.623. The molecular formula is C25H34N2O4. The van der Waals surface area contributed by atoms with Crippen LogP contribution in [0.25, 0.3) is 0 Å². The van der Waals surface area contributed by atoms with Crippen LogP contribution in [0.15, 0.2) is 42.5 Å². The van der Waals surface area contributed by atoms with Crippen LogP contribution in [0.2, 0.25) is 0 Å². The van der Waals surface area contributed by atoms with Gasteiger partial charge in [0.05, 0.1) is 7.11 Å². The molecule has 0 saturated carbocycles.